The Labute approximate surface area is 119 Å². The van der Waals surface area contributed by atoms with Crippen molar-refractivity contribution < 1.29 is 19.7 Å². The summed E-state index contributed by atoms with van der Waals surface area (Å²) in [5.74, 6) is -0.644. The highest BCUT2D eigenvalue weighted by atomic mass is 16.6. The Morgan fingerprint density at radius 1 is 1.45 bits per heavy atom. The SMILES string of the molecule is C=C1C(=O)OC2C=C(C)C(O)CCC3(C)CC3C(O)C12. The van der Waals surface area contributed by atoms with E-state index in [0.717, 1.165) is 18.4 Å². The summed E-state index contributed by atoms with van der Waals surface area (Å²) in [6.45, 7) is 7.78. The van der Waals surface area contributed by atoms with Crippen LogP contribution in [0.2, 0.25) is 0 Å². The van der Waals surface area contributed by atoms with Crippen LogP contribution >= 0.6 is 0 Å². The topological polar surface area (TPSA) is 66.8 Å². The zero-order chi connectivity index (χ0) is 14.7. The minimum Gasteiger partial charge on any atom is -0.454 e. The molecule has 0 aromatic carbocycles. The minimum atomic E-state index is -0.594. The van der Waals surface area contributed by atoms with Crippen LogP contribution in [0.4, 0.5) is 0 Å². The van der Waals surface area contributed by atoms with Crippen molar-refractivity contribution in [3.8, 4) is 0 Å². The predicted molar refractivity (Wildman–Crippen MR) is 73.7 cm³/mol. The number of ether oxygens (including phenoxy) is 1. The lowest BCUT2D eigenvalue weighted by Gasteiger charge is -2.26. The Bertz CT molecular complexity index is 495. The van der Waals surface area contributed by atoms with E-state index < -0.39 is 24.3 Å². The molecule has 4 nitrogen and oxygen atoms in total. The molecule has 1 aliphatic heterocycles. The van der Waals surface area contributed by atoms with Crippen molar-refractivity contribution in [2.45, 2.75) is 51.4 Å². The van der Waals surface area contributed by atoms with Crippen LogP contribution in [0.1, 0.15) is 33.1 Å². The molecule has 2 aliphatic carbocycles. The average molecular weight is 278 g/mol. The van der Waals surface area contributed by atoms with E-state index in [1.165, 1.54) is 0 Å². The summed E-state index contributed by atoms with van der Waals surface area (Å²) in [5.41, 5.74) is 1.22. The molecule has 20 heavy (non-hydrogen) atoms. The molecule has 1 heterocycles. The molecule has 110 valence electrons. The fraction of sp³-hybridized carbons (Fsp3) is 0.688. The molecule has 1 saturated carbocycles. The lowest BCUT2D eigenvalue weighted by molar-refractivity contribution is -0.137. The first-order valence-corrected chi connectivity index (χ1v) is 7.28. The van der Waals surface area contributed by atoms with Gasteiger partial charge in [0.2, 0.25) is 0 Å². The fourth-order valence-electron chi connectivity index (χ4n) is 3.72. The first-order chi connectivity index (χ1) is 9.33. The molecule has 0 radical (unpaired) electrons. The molecule has 0 bridgehead atoms. The van der Waals surface area contributed by atoms with Crippen molar-refractivity contribution in [2.75, 3.05) is 0 Å². The van der Waals surface area contributed by atoms with Gasteiger partial charge in [-0.1, -0.05) is 13.5 Å². The molecule has 0 aromatic rings. The van der Waals surface area contributed by atoms with E-state index in [0.29, 0.717) is 12.0 Å². The normalized spacial score (nSPS) is 48.0. The van der Waals surface area contributed by atoms with Crippen molar-refractivity contribution in [3.05, 3.63) is 23.8 Å². The third-order valence-corrected chi connectivity index (χ3v) is 5.40. The van der Waals surface area contributed by atoms with E-state index in [4.69, 9.17) is 4.74 Å². The number of aliphatic hydroxyl groups is 2. The first-order valence-electron chi connectivity index (χ1n) is 7.28. The van der Waals surface area contributed by atoms with Crippen LogP contribution < -0.4 is 0 Å². The summed E-state index contributed by atoms with van der Waals surface area (Å²) < 4.78 is 5.31. The van der Waals surface area contributed by atoms with E-state index in [1.54, 1.807) is 6.08 Å². The van der Waals surface area contributed by atoms with E-state index in [1.807, 2.05) is 6.92 Å². The van der Waals surface area contributed by atoms with Gasteiger partial charge in [-0.3, -0.25) is 0 Å². The maximum Gasteiger partial charge on any atom is 0.334 e. The van der Waals surface area contributed by atoms with Gasteiger partial charge < -0.3 is 14.9 Å². The Kier molecular flexibility index (Phi) is 3.07. The number of carbonyl (C=O) groups excluding carboxylic acids is 1. The quantitative estimate of drug-likeness (QED) is 0.401. The van der Waals surface area contributed by atoms with Gasteiger partial charge in [0.05, 0.1) is 18.1 Å². The van der Waals surface area contributed by atoms with Gasteiger partial charge in [0, 0.05) is 5.57 Å². The van der Waals surface area contributed by atoms with Gasteiger partial charge in [0.25, 0.3) is 0 Å². The average Bonchev–Trinajstić information content (AvgIpc) is 2.99. The van der Waals surface area contributed by atoms with Gasteiger partial charge in [-0.05, 0) is 49.2 Å². The second-order valence-electron chi connectivity index (χ2n) is 6.84. The summed E-state index contributed by atoms with van der Waals surface area (Å²) in [5, 5.41) is 20.8. The molecule has 3 rings (SSSR count). The zero-order valence-electron chi connectivity index (χ0n) is 12.0. The Hall–Kier alpha value is -1.13. The summed E-state index contributed by atoms with van der Waals surface area (Å²) in [4.78, 5) is 11.7. The molecule has 6 atom stereocenters. The number of rotatable bonds is 0. The largest absolute Gasteiger partial charge is 0.454 e. The Morgan fingerprint density at radius 2 is 2.15 bits per heavy atom. The summed E-state index contributed by atoms with van der Waals surface area (Å²) in [6.07, 6.45) is 2.70. The highest BCUT2D eigenvalue weighted by Gasteiger charge is 2.58. The maximum atomic E-state index is 11.7. The fourth-order valence-corrected chi connectivity index (χ4v) is 3.72. The van der Waals surface area contributed by atoms with Gasteiger partial charge in [-0.15, -0.1) is 0 Å². The molecule has 0 aromatic heterocycles. The first kappa shape index (κ1) is 13.8. The van der Waals surface area contributed by atoms with Crippen LogP contribution in [0, 0.1) is 17.3 Å². The van der Waals surface area contributed by atoms with Crippen molar-refractivity contribution in [1.82, 2.24) is 0 Å². The van der Waals surface area contributed by atoms with Gasteiger partial charge in [0.15, 0.2) is 0 Å². The number of esters is 1. The highest BCUT2D eigenvalue weighted by Crippen LogP contribution is 2.60. The van der Waals surface area contributed by atoms with Gasteiger partial charge in [-0.2, -0.15) is 0 Å². The smallest absolute Gasteiger partial charge is 0.334 e. The van der Waals surface area contributed by atoms with Crippen LogP contribution in [0.3, 0.4) is 0 Å². The van der Waals surface area contributed by atoms with Gasteiger partial charge in [-0.25, -0.2) is 4.79 Å². The predicted octanol–water partition coefficient (Wildman–Crippen LogP) is 1.57. The third kappa shape index (κ3) is 2.02. The summed E-state index contributed by atoms with van der Waals surface area (Å²) >= 11 is 0. The van der Waals surface area contributed by atoms with E-state index in [-0.39, 0.29) is 17.3 Å². The number of hydrogen-bond donors (Lipinski definition) is 2. The van der Waals surface area contributed by atoms with Crippen molar-refractivity contribution in [1.29, 1.82) is 0 Å². The molecule has 0 amide bonds. The molecule has 2 fully saturated rings. The van der Waals surface area contributed by atoms with Crippen molar-refractivity contribution in [2.24, 2.45) is 17.3 Å². The zero-order valence-corrected chi connectivity index (χ0v) is 12.0. The second kappa shape index (κ2) is 4.43. The van der Waals surface area contributed by atoms with Crippen LogP contribution in [0.15, 0.2) is 23.8 Å². The van der Waals surface area contributed by atoms with Crippen LogP contribution in [0.25, 0.3) is 0 Å². The van der Waals surface area contributed by atoms with Crippen molar-refractivity contribution >= 4 is 5.97 Å². The van der Waals surface area contributed by atoms with Crippen LogP contribution in [-0.2, 0) is 9.53 Å². The number of carbonyl (C=O) groups is 1. The number of aliphatic hydroxyl groups excluding tert-OH is 2. The standard InChI is InChI=1S/C16H22O4/c1-8-6-12-13(9(2)15(19)20-12)14(18)10-7-16(10,3)5-4-11(8)17/h6,10-14,17-18H,2,4-5,7H2,1,3H3. The summed E-state index contributed by atoms with van der Waals surface area (Å²) in [6, 6.07) is 0. The maximum absolute atomic E-state index is 11.7. The Balaban J connectivity index is 1.97. The highest BCUT2D eigenvalue weighted by molar-refractivity contribution is 5.91. The monoisotopic (exact) mass is 278 g/mol. The van der Waals surface area contributed by atoms with Gasteiger partial charge in [0.1, 0.15) is 6.10 Å². The van der Waals surface area contributed by atoms with Crippen LogP contribution in [0.5, 0.6) is 0 Å². The molecule has 6 unspecified atom stereocenters. The Morgan fingerprint density at radius 3 is 2.85 bits per heavy atom. The lowest BCUT2D eigenvalue weighted by atomic mass is 9.82. The van der Waals surface area contributed by atoms with E-state index >= 15 is 0 Å². The molecule has 0 spiro atoms. The lowest BCUT2D eigenvalue weighted by Crippen LogP contribution is -2.33. The van der Waals surface area contributed by atoms with E-state index in [9.17, 15) is 15.0 Å². The number of hydrogen-bond acceptors (Lipinski definition) is 4. The van der Waals surface area contributed by atoms with Gasteiger partial charge >= 0.3 is 5.97 Å². The van der Waals surface area contributed by atoms with Crippen molar-refractivity contribution in [3.63, 3.8) is 0 Å². The molecule has 3 aliphatic rings. The van der Waals surface area contributed by atoms with E-state index in [2.05, 4.69) is 13.5 Å². The van der Waals surface area contributed by atoms with Crippen LogP contribution in [-0.4, -0.2) is 34.5 Å². The molecule has 1 saturated heterocycles. The molecular formula is C16H22O4. The molecule has 2 N–H and O–H groups in total. The number of fused-ring (bicyclic) bond motifs is 2. The molecular weight excluding hydrogens is 256 g/mol. The second-order valence-corrected chi connectivity index (χ2v) is 6.84. The minimum absolute atomic E-state index is 0.0640. The summed E-state index contributed by atoms with van der Waals surface area (Å²) in [7, 11) is 0. The third-order valence-electron chi connectivity index (χ3n) is 5.40. The molecule has 4 heteroatoms.